The third-order valence-corrected chi connectivity index (χ3v) is 3.24. The summed E-state index contributed by atoms with van der Waals surface area (Å²) in [4.78, 5) is 15.9. The van der Waals surface area contributed by atoms with Crippen LogP contribution < -0.4 is 5.32 Å². The molecule has 1 aromatic heterocycles. The van der Waals surface area contributed by atoms with Gasteiger partial charge in [0.15, 0.2) is 0 Å². The van der Waals surface area contributed by atoms with Crippen molar-refractivity contribution < 1.29 is 4.79 Å². The summed E-state index contributed by atoms with van der Waals surface area (Å²) in [6, 6.07) is 10.5. The van der Waals surface area contributed by atoms with Crippen LogP contribution in [0.25, 0.3) is 0 Å². The first-order valence-electron chi connectivity index (χ1n) is 5.75. The van der Waals surface area contributed by atoms with Crippen LogP contribution in [0.2, 0.25) is 10.2 Å². The fourth-order valence-electron chi connectivity index (χ4n) is 1.69. The molecule has 0 spiro atoms. The summed E-state index contributed by atoms with van der Waals surface area (Å²) in [7, 11) is 0. The maximum atomic E-state index is 12.1. The smallest absolute Gasteiger partial charge is 0.254 e. The summed E-state index contributed by atoms with van der Waals surface area (Å²) in [5.74, 6) is -0.259. The van der Waals surface area contributed by atoms with Gasteiger partial charge in [-0.1, -0.05) is 35.3 Å². The van der Waals surface area contributed by atoms with E-state index in [-0.39, 0.29) is 17.1 Å². The highest BCUT2D eigenvalue weighted by Gasteiger charge is 2.14. The Morgan fingerprint density at radius 2 is 2.05 bits per heavy atom. The zero-order valence-corrected chi connectivity index (χ0v) is 11.7. The predicted octanol–water partition coefficient (Wildman–Crippen LogP) is 3.88. The Balaban J connectivity index is 2.13. The van der Waals surface area contributed by atoms with Gasteiger partial charge in [0.05, 0.1) is 11.6 Å². The molecule has 3 nitrogen and oxygen atoms in total. The summed E-state index contributed by atoms with van der Waals surface area (Å²) in [6.45, 7) is 1.88. The largest absolute Gasteiger partial charge is 0.345 e. The number of aromatic nitrogens is 1. The number of pyridine rings is 1. The minimum absolute atomic E-state index is 0.164. The number of benzene rings is 1. The molecule has 98 valence electrons. The lowest BCUT2D eigenvalue weighted by Crippen LogP contribution is -2.27. The van der Waals surface area contributed by atoms with Gasteiger partial charge in [0.2, 0.25) is 0 Å². The van der Waals surface area contributed by atoms with Gasteiger partial charge >= 0.3 is 0 Å². The number of rotatable bonds is 3. The van der Waals surface area contributed by atoms with Crippen molar-refractivity contribution in [2.45, 2.75) is 13.0 Å². The van der Waals surface area contributed by atoms with Crippen molar-refractivity contribution in [2.75, 3.05) is 0 Å². The molecule has 0 bridgehead atoms. The van der Waals surface area contributed by atoms with Gasteiger partial charge in [0, 0.05) is 11.2 Å². The predicted molar refractivity (Wildman–Crippen MR) is 76.6 cm³/mol. The Morgan fingerprint density at radius 1 is 1.26 bits per heavy atom. The molecule has 1 amide bonds. The highest BCUT2D eigenvalue weighted by molar-refractivity contribution is 6.32. The monoisotopic (exact) mass is 294 g/mol. The van der Waals surface area contributed by atoms with Gasteiger partial charge in [0.1, 0.15) is 5.15 Å². The Labute approximate surface area is 121 Å². The molecule has 1 heterocycles. The molecule has 0 aliphatic heterocycles. The van der Waals surface area contributed by atoms with Crippen LogP contribution in [0.15, 0.2) is 42.6 Å². The average Bonchev–Trinajstić information content (AvgIpc) is 2.39. The first kappa shape index (κ1) is 13.8. The molecule has 0 aliphatic rings. The number of hydrogen-bond acceptors (Lipinski definition) is 2. The van der Waals surface area contributed by atoms with Crippen LogP contribution in [-0.4, -0.2) is 10.9 Å². The van der Waals surface area contributed by atoms with Crippen LogP contribution in [-0.2, 0) is 0 Å². The van der Waals surface area contributed by atoms with E-state index < -0.39 is 0 Å². The Hall–Kier alpha value is -1.58. The van der Waals surface area contributed by atoms with E-state index in [2.05, 4.69) is 10.3 Å². The van der Waals surface area contributed by atoms with E-state index in [1.807, 2.05) is 25.1 Å². The molecule has 5 heteroatoms. The second kappa shape index (κ2) is 6.04. The zero-order valence-electron chi connectivity index (χ0n) is 10.2. The Morgan fingerprint density at radius 3 is 2.74 bits per heavy atom. The van der Waals surface area contributed by atoms with Gasteiger partial charge < -0.3 is 5.32 Å². The summed E-state index contributed by atoms with van der Waals surface area (Å²) in [6.07, 6.45) is 1.54. The Kier molecular flexibility index (Phi) is 4.40. The summed E-state index contributed by atoms with van der Waals surface area (Å²) in [5.41, 5.74) is 1.29. The molecular formula is C14H12Cl2N2O. The van der Waals surface area contributed by atoms with Gasteiger partial charge in [-0.3, -0.25) is 4.79 Å². The third-order valence-electron chi connectivity index (χ3n) is 2.70. The number of amides is 1. The zero-order chi connectivity index (χ0) is 13.8. The lowest BCUT2D eigenvalue weighted by molar-refractivity contribution is 0.0939. The van der Waals surface area contributed by atoms with Crippen LogP contribution >= 0.6 is 23.2 Å². The van der Waals surface area contributed by atoms with Crippen molar-refractivity contribution in [1.29, 1.82) is 0 Å². The van der Waals surface area contributed by atoms with Crippen molar-refractivity contribution in [3.63, 3.8) is 0 Å². The number of halogens is 2. The van der Waals surface area contributed by atoms with Crippen LogP contribution in [0.3, 0.4) is 0 Å². The number of hydrogen-bond donors (Lipinski definition) is 1. The summed E-state index contributed by atoms with van der Waals surface area (Å²) >= 11 is 11.8. The fourth-order valence-corrected chi connectivity index (χ4v) is 2.09. The molecule has 2 aromatic rings. The highest BCUT2D eigenvalue weighted by atomic mass is 35.5. The van der Waals surface area contributed by atoms with E-state index in [0.29, 0.717) is 10.6 Å². The minimum Gasteiger partial charge on any atom is -0.345 e. The molecule has 0 radical (unpaired) electrons. The maximum absolute atomic E-state index is 12.1. The quantitative estimate of drug-likeness (QED) is 0.873. The molecule has 1 N–H and O–H groups in total. The molecular weight excluding hydrogens is 283 g/mol. The van der Waals surface area contributed by atoms with Gasteiger partial charge in [-0.25, -0.2) is 4.98 Å². The SMILES string of the molecule is C[C@@H](NC(=O)c1cccnc1Cl)c1cccc(Cl)c1. The van der Waals surface area contributed by atoms with Crippen LogP contribution in [0.1, 0.15) is 28.9 Å². The maximum Gasteiger partial charge on any atom is 0.254 e. The van der Waals surface area contributed by atoms with E-state index in [1.54, 1.807) is 24.4 Å². The molecule has 1 aromatic carbocycles. The molecule has 19 heavy (non-hydrogen) atoms. The van der Waals surface area contributed by atoms with Crippen molar-refractivity contribution in [3.05, 3.63) is 63.9 Å². The van der Waals surface area contributed by atoms with Crippen molar-refractivity contribution >= 4 is 29.1 Å². The summed E-state index contributed by atoms with van der Waals surface area (Å²) in [5, 5.41) is 3.69. The molecule has 0 saturated carbocycles. The fraction of sp³-hybridized carbons (Fsp3) is 0.143. The van der Waals surface area contributed by atoms with E-state index in [4.69, 9.17) is 23.2 Å². The van der Waals surface area contributed by atoms with E-state index in [9.17, 15) is 4.79 Å². The summed E-state index contributed by atoms with van der Waals surface area (Å²) < 4.78 is 0. The van der Waals surface area contributed by atoms with Crippen LogP contribution in [0.5, 0.6) is 0 Å². The highest BCUT2D eigenvalue weighted by Crippen LogP contribution is 2.19. The van der Waals surface area contributed by atoms with Crippen LogP contribution in [0.4, 0.5) is 0 Å². The van der Waals surface area contributed by atoms with Crippen molar-refractivity contribution in [1.82, 2.24) is 10.3 Å². The van der Waals surface area contributed by atoms with E-state index in [0.717, 1.165) is 5.56 Å². The van der Waals surface area contributed by atoms with Crippen molar-refractivity contribution in [3.8, 4) is 0 Å². The number of carbonyl (C=O) groups excluding carboxylic acids is 1. The molecule has 0 aliphatic carbocycles. The van der Waals surface area contributed by atoms with Gasteiger partial charge in [-0.15, -0.1) is 0 Å². The first-order valence-corrected chi connectivity index (χ1v) is 6.50. The second-order valence-electron chi connectivity index (χ2n) is 4.09. The van der Waals surface area contributed by atoms with Crippen molar-refractivity contribution in [2.24, 2.45) is 0 Å². The Bertz CT molecular complexity index is 602. The normalized spacial score (nSPS) is 11.9. The third kappa shape index (κ3) is 3.46. The average molecular weight is 295 g/mol. The second-order valence-corrected chi connectivity index (χ2v) is 4.89. The number of nitrogens with zero attached hydrogens (tertiary/aromatic N) is 1. The van der Waals surface area contributed by atoms with Gasteiger partial charge in [-0.2, -0.15) is 0 Å². The number of carbonyl (C=O) groups is 1. The lowest BCUT2D eigenvalue weighted by Gasteiger charge is -2.15. The first-order chi connectivity index (χ1) is 9.08. The lowest BCUT2D eigenvalue weighted by atomic mass is 10.1. The topological polar surface area (TPSA) is 42.0 Å². The molecule has 0 saturated heterocycles. The van der Waals surface area contributed by atoms with Gasteiger partial charge in [0.25, 0.3) is 5.91 Å². The standard InChI is InChI=1S/C14H12Cl2N2O/c1-9(10-4-2-5-11(15)8-10)18-14(19)12-6-3-7-17-13(12)16/h2-9H,1H3,(H,18,19)/t9-/m1/s1. The van der Waals surface area contributed by atoms with E-state index in [1.165, 1.54) is 0 Å². The molecule has 0 unspecified atom stereocenters. The molecule has 0 fully saturated rings. The van der Waals surface area contributed by atoms with Gasteiger partial charge in [-0.05, 0) is 36.8 Å². The minimum atomic E-state index is -0.259. The number of nitrogens with one attached hydrogen (secondary N) is 1. The molecule has 1 atom stereocenters. The molecule has 2 rings (SSSR count). The van der Waals surface area contributed by atoms with Crippen LogP contribution in [0, 0.1) is 0 Å². The van der Waals surface area contributed by atoms with E-state index >= 15 is 0 Å².